The van der Waals surface area contributed by atoms with Gasteiger partial charge in [-0.3, -0.25) is 0 Å². The lowest BCUT2D eigenvalue weighted by Gasteiger charge is -2.06. The Hall–Kier alpha value is -3.58. The molecule has 2 aromatic carbocycles. The van der Waals surface area contributed by atoms with Crippen molar-refractivity contribution < 1.29 is 0 Å². The highest BCUT2D eigenvalue weighted by atomic mass is 15.3. The standard InChI is InChI=1S/C26H22N4/c27-25-16-21(13-14-28-25)20-9-12-23-24(15-20)30(29-26(23)19-7-8-19)22-10-5-18(6-11-22)4-3-17-1-2-17/h5-6,9-17,19H,1-2,7-8H2,(H2,27,28). The summed E-state index contributed by atoms with van der Waals surface area (Å²) in [4.78, 5) is 4.12. The van der Waals surface area contributed by atoms with Crippen molar-refractivity contribution in [2.24, 2.45) is 5.92 Å². The maximum atomic E-state index is 5.90. The number of anilines is 1. The number of pyridine rings is 1. The number of nitrogens with two attached hydrogens (primary N) is 1. The molecule has 0 aliphatic heterocycles. The second-order valence-corrected chi connectivity index (χ2v) is 8.36. The molecule has 0 spiro atoms. The maximum absolute atomic E-state index is 5.90. The second kappa shape index (κ2) is 6.74. The molecule has 6 rings (SSSR count). The van der Waals surface area contributed by atoms with E-state index in [4.69, 9.17) is 10.8 Å². The molecule has 30 heavy (non-hydrogen) atoms. The van der Waals surface area contributed by atoms with Gasteiger partial charge in [-0.2, -0.15) is 5.10 Å². The van der Waals surface area contributed by atoms with E-state index < -0.39 is 0 Å². The van der Waals surface area contributed by atoms with Crippen LogP contribution in [0.15, 0.2) is 60.8 Å². The number of rotatable bonds is 3. The minimum atomic E-state index is 0.530. The Balaban J connectivity index is 1.45. The van der Waals surface area contributed by atoms with Gasteiger partial charge in [-0.05, 0) is 79.3 Å². The number of nitrogen functional groups attached to an aromatic ring is 1. The van der Waals surface area contributed by atoms with E-state index in [9.17, 15) is 0 Å². The Bertz CT molecular complexity index is 1310. The number of aromatic nitrogens is 3. The van der Waals surface area contributed by atoms with Crippen LogP contribution in [0.1, 0.15) is 42.9 Å². The van der Waals surface area contributed by atoms with E-state index in [-0.39, 0.29) is 0 Å². The highest BCUT2D eigenvalue weighted by molar-refractivity contribution is 5.89. The minimum absolute atomic E-state index is 0.530. The van der Waals surface area contributed by atoms with Crippen LogP contribution in [0.25, 0.3) is 27.7 Å². The van der Waals surface area contributed by atoms with Crippen molar-refractivity contribution in [2.75, 3.05) is 5.73 Å². The number of benzene rings is 2. The third-order valence-corrected chi connectivity index (χ3v) is 5.90. The summed E-state index contributed by atoms with van der Waals surface area (Å²) < 4.78 is 2.08. The average Bonchev–Trinajstić information content (AvgIpc) is 3.70. The van der Waals surface area contributed by atoms with E-state index in [0.29, 0.717) is 17.7 Å². The Morgan fingerprint density at radius 2 is 1.70 bits per heavy atom. The second-order valence-electron chi connectivity index (χ2n) is 8.36. The fraction of sp³-hybridized carbons (Fsp3) is 0.231. The number of hydrogen-bond acceptors (Lipinski definition) is 3. The molecule has 2 aliphatic rings. The van der Waals surface area contributed by atoms with Crippen LogP contribution < -0.4 is 5.73 Å². The smallest absolute Gasteiger partial charge is 0.123 e. The van der Waals surface area contributed by atoms with E-state index in [1.165, 1.54) is 36.8 Å². The van der Waals surface area contributed by atoms with E-state index in [2.05, 4.69) is 64.0 Å². The van der Waals surface area contributed by atoms with Gasteiger partial charge in [0.2, 0.25) is 0 Å². The van der Waals surface area contributed by atoms with Crippen molar-refractivity contribution in [3.8, 4) is 28.7 Å². The molecule has 2 aromatic heterocycles. The lowest BCUT2D eigenvalue weighted by molar-refractivity contribution is 0.858. The first-order valence-corrected chi connectivity index (χ1v) is 10.6. The highest BCUT2D eigenvalue weighted by Crippen LogP contribution is 2.43. The Kier molecular flexibility index (Phi) is 3.89. The van der Waals surface area contributed by atoms with Gasteiger partial charge < -0.3 is 5.73 Å². The van der Waals surface area contributed by atoms with E-state index in [0.717, 1.165) is 27.9 Å². The first kappa shape index (κ1) is 17.3. The highest BCUT2D eigenvalue weighted by Gasteiger charge is 2.29. The fourth-order valence-corrected chi connectivity index (χ4v) is 3.90. The van der Waals surface area contributed by atoms with E-state index in [1.807, 2.05) is 12.1 Å². The van der Waals surface area contributed by atoms with Gasteiger partial charge in [0.05, 0.1) is 16.9 Å². The zero-order valence-electron chi connectivity index (χ0n) is 16.7. The SMILES string of the molecule is Nc1cc(-c2ccc3c(C4CC4)nn(-c4ccc(C#CC5CC5)cc4)c3c2)ccn1. The Labute approximate surface area is 175 Å². The lowest BCUT2D eigenvalue weighted by atomic mass is 10.0. The molecule has 4 heteroatoms. The third-order valence-electron chi connectivity index (χ3n) is 5.90. The first-order valence-electron chi connectivity index (χ1n) is 10.6. The molecular formula is C26H22N4. The van der Waals surface area contributed by atoms with Gasteiger partial charge >= 0.3 is 0 Å². The lowest BCUT2D eigenvalue weighted by Crippen LogP contribution is -1.97. The molecule has 4 nitrogen and oxygen atoms in total. The average molecular weight is 390 g/mol. The van der Waals surface area contributed by atoms with Crippen molar-refractivity contribution in [3.63, 3.8) is 0 Å². The van der Waals surface area contributed by atoms with E-state index in [1.54, 1.807) is 6.20 Å². The summed E-state index contributed by atoms with van der Waals surface area (Å²) in [5.41, 5.74) is 12.6. The minimum Gasteiger partial charge on any atom is -0.384 e. The normalized spacial score (nSPS) is 15.7. The molecule has 0 saturated heterocycles. The van der Waals surface area contributed by atoms with Crippen LogP contribution in [0, 0.1) is 17.8 Å². The zero-order valence-corrected chi connectivity index (χ0v) is 16.7. The predicted octanol–water partition coefficient (Wildman–Crippen LogP) is 5.31. The van der Waals surface area contributed by atoms with Crippen molar-refractivity contribution in [1.82, 2.24) is 14.8 Å². The zero-order chi connectivity index (χ0) is 20.1. The van der Waals surface area contributed by atoms with Crippen LogP contribution in [-0.2, 0) is 0 Å². The van der Waals surface area contributed by atoms with Gasteiger partial charge in [0.25, 0.3) is 0 Å². The Morgan fingerprint density at radius 3 is 2.43 bits per heavy atom. The molecule has 2 heterocycles. The van der Waals surface area contributed by atoms with Crippen LogP contribution in [0.4, 0.5) is 5.82 Å². The van der Waals surface area contributed by atoms with Crippen LogP contribution in [0.3, 0.4) is 0 Å². The molecular weight excluding hydrogens is 368 g/mol. The molecule has 0 amide bonds. The summed E-state index contributed by atoms with van der Waals surface area (Å²) in [5.74, 6) is 8.35. The van der Waals surface area contributed by atoms with Crippen molar-refractivity contribution in [2.45, 2.75) is 31.6 Å². The quantitative estimate of drug-likeness (QED) is 0.482. The van der Waals surface area contributed by atoms with Crippen LogP contribution in [0.2, 0.25) is 0 Å². The monoisotopic (exact) mass is 390 g/mol. The van der Waals surface area contributed by atoms with Gasteiger partial charge in [-0.25, -0.2) is 9.67 Å². The van der Waals surface area contributed by atoms with Gasteiger partial charge in [0.15, 0.2) is 0 Å². The molecule has 146 valence electrons. The maximum Gasteiger partial charge on any atom is 0.123 e. The molecule has 0 atom stereocenters. The molecule has 0 radical (unpaired) electrons. The summed E-state index contributed by atoms with van der Waals surface area (Å²) in [7, 11) is 0. The number of nitrogens with zero attached hydrogens (tertiary/aromatic N) is 3. The molecule has 2 N–H and O–H groups in total. The Morgan fingerprint density at radius 1 is 0.900 bits per heavy atom. The molecule has 2 saturated carbocycles. The molecule has 0 unspecified atom stereocenters. The molecule has 0 bridgehead atoms. The van der Waals surface area contributed by atoms with Crippen molar-refractivity contribution >= 4 is 16.7 Å². The largest absolute Gasteiger partial charge is 0.384 e. The van der Waals surface area contributed by atoms with Gasteiger partial charge in [-0.1, -0.05) is 24.0 Å². The number of hydrogen-bond donors (Lipinski definition) is 1. The number of fused-ring (bicyclic) bond motifs is 1. The predicted molar refractivity (Wildman–Crippen MR) is 120 cm³/mol. The summed E-state index contributed by atoms with van der Waals surface area (Å²) in [5, 5.41) is 6.27. The van der Waals surface area contributed by atoms with Crippen molar-refractivity contribution in [3.05, 3.63) is 72.1 Å². The van der Waals surface area contributed by atoms with Gasteiger partial charge in [-0.15, -0.1) is 0 Å². The van der Waals surface area contributed by atoms with Gasteiger partial charge in [0, 0.05) is 29.0 Å². The van der Waals surface area contributed by atoms with E-state index >= 15 is 0 Å². The summed E-state index contributed by atoms with van der Waals surface area (Å²) in [6, 6.07) is 18.9. The summed E-state index contributed by atoms with van der Waals surface area (Å²) in [6.45, 7) is 0. The fourth-order valence-electron chi connectivity index (χ4n) is 3.90. The van der Waals surface area contributed by atoms with Crippen LogP contribution in [-0.4, -0.2) is 14.8 Å². The summed E-state index contributed by atoms with van der Waals surface area (Å²) in [6.07, 6.45) is 6.71. The van der Waals surface area contributed by atoms with Gasteiger partial charge in [0.1, 0.15) is 5.82 Å². The topological polar surface area (TPSA) is 56.7 Å². The molecule has 2 fully saturated rings. The molecule has 4 aromatic rings. The van der Waals surface area contributed by atoms with Crippen LogP contribution in [0.5, 0.6) is 0 Å². The molecule has 2 aliphatic carbocycles. The summed E-state index contributed by atoms with van der Waals surface area (Å²) >= 11 is 0. The van der Waals surface area contributed by atoms with Crippen LogP contribution >= 0.6 is 0 Å². The first-order chi connectivity index (χ1) is 14.7. The third kappa shape index (κ3) is 3.23. The van der Waals surface area contributed by atoms with Crippen molar-refractivity contribution in [1.29, 1.82) is 0 Å².